The first-order valence-electron chi connectivity index (χ1n) is 4.59. The number of hydrogen-bond acceptors (Lipinski definition) is 2. The van der Waals surface area contributed by atoms with Gasteiger partial charge in [-0.05, 0) is 32.4 Å². The largest absolute Gasteiger partial charge is 0.382 e. The van der Waals surface area contributed by atoms with E-state index in [1.807, 2.05) is 6.92 Å². The van der Waals surface area contributed by atoms with E-state index in [9.17, 15) is 0 Å². The summed E-state index contributed by atoms with van der Waals surface area (Å²) in [4.78, 5) is 0. The van der Waals surface area contributed by atoms with Gasteiger partial charge in [0.15, 0.2) is 0 Å². The molecule has 0 aliphatic rings. The molecule has 0 saturated heterocycles. The quantitative estimate of drug-likeness (QED) is 0.570. The maximum absolute atomic E-state index is 5.26. The van der Waals surface area contributed by atoms with E-state index < -0.39 is 0 Å². The number of ether oxygens (including phenoxy) is 1. The summed E-state index contributed by atoms with van der Waals surface area (Å²) in [6.45, 7) is 10.4. The Morgan fingerprint density at radius 1 is 1.36 bits per heavy atom. The first-order valence-corrected chi connectivity index (χ1v) is 4.59. The molecule has 0 aromatic rings. The van der Waals surface area contributed by atoms with Crippen LogP contribution in [0.15, 0.2) is 0 Å². The Kier molecular flexibility index (Phi) is 7.96. The van der Waals surface area contributed by atoms with E-state index in [2.05, 4.69) is 19.2 Å². The van der Waals surface area contributed by atoms with Crippen LogP contribution in [0.25, 0.3) is 0 Å². The van der Waals surface area contributed by atoms with E-state index in [-0.39, 0.29) is 0 Å². The first kappa shape index (κ1) is 10.9. The van der Waals surface area contributed by atoms with Crippen LogP contribution in [0.3, 0.4) is 0 Å². The third-order valence-corrected chi connectivity index (χ3v) is 1.70. The molecule has 0 radical (unpaired) electrons. The van der Waals surface area contributed by atoms with Gasteiger partial charge in [-0.25, -0.2) is 0 Å². The second-order valence-corrected chi connectivity index (χ2v) is 2.90. The summed E-state index contributed by atoms with van der Waals surface area (Å²) in [6.07, 6.45) is 1.17. The lowest BCUT2D eigenvalue weighted by Crippen LogP contribution is -2.21. The van der Waals surface area contributed by atoms with Gasteiger partial charge in [0, 0.05) is 13.2 Å². The lowest BCUT2D eigenvalue weighted by atomic mass is 10.1. The fourth-order valence-electron chi connectivity index (χ4n) is 0.922. The van der Waals surface area contributed by atoms with Crippen molar-refractivity contribution in [2.75, 3.05) is 26.3 Å². The molecule has 1 unspecified atom stereocenters. The topological polar surface area (TPSA) is 21.3 Å². The summed E-state index contributed by atoms with van der Waals surface area (Å²) >= 11 is 0. The van der Waals surface area contributed by atoms with Crippen molar-refractivity contribution in [2.24, 2.45) is 5.92 Å². The molecule has 2 heteroatoms. The Hall–Kier alpha value is -0.0800. The monoisotopic (exact) mass is 159 g/mol. The van der Waals surface area contributed by atoms with E-state index in [0.29, 0.717) is 0 Å². The zero-order chi connectivity index (χ0) is 8.53. The molecule has 0 rings (SSSR count). The van der Waals surface area contributed by atoms with Crippen molar-refractivity contribution in [1.29, 1.82) is 0 Å². The first-order chi connectivity index (χ1) is 5.31. The molecule has 1 N–H and O–H groups in total. The van der Waals surface area contributed by atoms with Crippen LogP contribution in [-0.2, 0) is 4.74 Å². The molecule has 2 nitrogen and oxygen atoms in total. The summed E-state index contributed by atoms with van der Waals surface area (Å²) in [5.74, 6) is 0.737. The fourth-order valence-corrected chi connectivity index (χ4v) is 0.922. The average molecular weight is 159 g/mol. The molecule has 0 aliphatic heterocycles. The predicted molar refractivity (Wildman–Crippen MR) is 48.8 cm³/mol. The highest BCUT2D eigenvalue weighted by Crippen LogP contribution is 1.99. The molecule has 1 atom stereocenters. The molecule has 0 aromatic heterocycles. The molecule has 0 amide bonds. The van der Waals surface area contributed by atoms with Crippen LogP contribution < -0.4 is 5.32 Å². The van der Waals surface area contributed by atoms with Crippen LogP contribution >= 0.6 is 0 Å². The van der Waals surface area contributed by atoms with E-state index in [0.717, 1.165) is 32.2 Å². The maximum atomic E-state index is 5.26. The molecule has 0 spiro atoms. The summed E-state index contributed by atoms with van der Waals surface area (Å²) in [6, 6.07) is 0. The Labute approximate surface area is 70.3 Å². The lowest BCUT2D eigenvalue weighted by Gasteiger charge is -2.10. The molecular formula is C9H21NO. The number of rotatable bonds is 7. The van der Waals surface area contributed by atoms with Crippen molar-refractivity contribution in [1.82, 2.24) is 5.32 Å². The highest BCUT2D eigenvalue weighted by Gasteiger charge is 1.99. The Balaban J connectivity index is 3.02. The summed E-state index contributed by atoms with van der Waals surface area (Å²) in [7, 11) is 0. The lowest BCUT2D eigenvalue weighted by molar-refractivity contribution is 0.134. The van der Waals surface area contributed by atoms with Crippen LogP contribution in [0.5, 0.6) is 0 Å². The summed E-state index contributed by atoms with van der Waals surface area (Å²) in [5.41, 5.74) is 0. The predicted octanol–water partition coefficient (Wildman–Crippen LogP) is 1.66. The van der Waals surface area contributed by atoms with Crippen LogP contribution in [-0.4, -0.2) is 26.3 Å². The molecule has 0 bridgehead atoms. The normalized spacial score (nSPS) is 13.4. The van der Waals surface area contributed by atoms with Crippen LogP contribution in [0.1, 0.15) is 27.2 Å². The zero-order valence-electron chi connectivity index (χ0n) is 8.02. The molecule has 11 heavy (non-hydrogen) atoms. The van der Waals surface area contributed by atoms with E-state index in [4.69, 9.17) is 4.74 Å². The molecule has 0 heterocycles. The van der Waals surface area contributed by atoms with Gasteiger partial charge in [0.2, 0.25) is 0 Å². The van der Waals surface area contributed by atoms with Gasteiger partial charge in [-0.1, -0.05) is 13.8 Å². The van der Waals surface area contributed by atoms with Crippen LogP contribution in [0.2, 0.25) is 0 Å². The van der Waals surface area contributed by atoms with Crippen molar-refractivity contribution in [3.05, 3.63) is 0 Å². The van der Waals surface area contributed by atoms with Gasteiger partial charge >= 0.3 is 0 Å². The van der Waals surface area contributed by atoms with Crippen LogP contribution in [0.4, 0.5) is 0 Å². The molecule has 0 saturated carbocycles. The minimum absolute atomic E-state index is 0.737. The maximum Gasteiger partial charge on any atom is 0.0468 e. The van der Waals surface area contributed by atoms with Gasteiger partial charge in [0.25, 0.3) is 0 Å². The standard InChI is InChI=1S/C9H21NO/c1-4-10-8-9(3)6-7-11-5-2/h9-10H,4-8H2,1-3H3. The van der Waals surface area contributed by atoms with Gasteiger partial charge < -0.3 is 10.1 Å². The minimum Gasteiger partial charge on any atom is -0.382 e. The van der Waals surface area contributed by atoms with Gasteiger partial charge in [-0.15, -0.1) is 0 Å². The van der Waals surface area contributed by atoms with Crippen LogP contribution in [0, 0.1) is 5.92 Å². The Morgan fingerprint density at radius 3 is 2.64 bits per heavy atom. The molecular weight excluding hydrogens is 138 g/mol. The molecule has 0 fully saturated rings. The van der Waals surface area contributed by atoms with E-state index in [1.54, 1.807) is 0 Å². The zero-order valence-corrected chi connectivity index (χ0v) is 8.02. The molecule has 0 aliphatic carbocycles. The smallest absolute Gasteiger partial charge is 0.0468 e. The van der Waals surface area contributed by atoms with Gasteiger partial charge in [-0.3, -0.25) is 0 Å². The third kappa shape index (κ3) is 7.82. The SMILES string of the molecule is CCNCC(C)CCOCC. The Bertz CT molecular complexity index is 76.0. The Morgan fingerprint density at radius 2 is 2.09 bits per heavy atom. The highest BCUT2D eigenvalue weighted by molar-refractivity contribution is 4.54. The van der Waals surface area contributed by atoms with Crippen molar-refractivity contribution < 1.29 is 4.74 Å². The van der Waals surface area contributed by atoms with Crippen molar-refractivity contribution in [3.8, 4) is 0 Å². The third-order valence-electron chi connectivity index (χ3n) is 1.70. The van der Waals surface area contributed by atoms with Gasteiger partial charge in [-0.2, -0.15) is 0 Å². The average Bonchev–Trinajstić information content (AvgIpc) is 2.01. The number of nitrogens with one attached hydrogen (secondary N) is 1. The minimum atomic E-state index is 0.737. The second kappa shape index (κ2) is 8.02. The molecule has 0 aromatic carbocycles. The highest BCUT2D eigenvalue weighted by atomic mass is 16.5. The number of hydrogen-bond donors (Lipinski definition) is 1. The van der Waals surface area contributed by atoms with Crippen molar-refractivity contribution in [3.63, 3.8) is 0 Å². The van der Waals surface area contributed by atoms with Gasteiger partial charge in [0.05, 0.1) is 0 Å². The summed E-state index contributed by atoms with van der Waals surface area (Å²) in [5, 5.41) is 3.32. The van der Waals surface area contributed by atoms with Gasteiger partial charge in [0.1, 0.15) is 0 Å². The fraction of sp³-hybridized carbons (Fsp3) is 1.00. The summed E-state index contributed by atoms with van der Waals surface area (Å²) < 4.78 is 5.26. The molecule has 68 valence electrons. The van der Waals surface area contributed by atoms with E-state index in [1.165, 1.54) is 6.42 Å². The van der Waals surface area contributed by atoms with Crippen molar-refractivity contribution in [2.45, 2.75) is 27.2 Å². The van der Waals surface area contributed by atoms with E-state index >= 15 is 0 Å². The second-order valence-electron chi connectivity index (χ2n) is 2.90. The van der Waals surface area contributed by atoms with Crippen molar-refractivity contribution >= 4 is 0 Å².